The standard InChI is InChI=1S/C26H37N7O6/c1-6-19-26(37)28-16(4)23(34)30-20(11-15(2)3)25(36)27-13-18-14-33(32-31-18)9-10-39-21-8-7-17(24(35)29-19)12-22(21)38-5/h7-8,12,14-16,19-20H,6,9-11,13H2,1-5H3,(H,27,36)(H,28,37)(H,29,35)(H,30,34)/t16-,19+,20-/m1/s1. The predicted molar refractivity (Wildman–Crippen MR) is 141 cm³/mol. The average molecular weight is 544 g/mol. The van der Waals surface area contributed by atoms with Crippen molar-refractivity contribution >= 4 is 23.6 Å². The second-order valence-corrected chi connectivity index (χ2v) is 9.76. The maximum Gasteiger partial charge on any atom is 0.252 e. The molecule has 1 aromatic carbocycles. The first kappa shape index (κ1) is 29.4. The molecule has 4 amide bonds. The normalized spacial score (nSPS) is 21.5. The molecule has 39 heavy (non-hydrogen) atoms. The molecule has 4 N–H and O–H groups in total. The van der Waals surface area contributed by atoms with Gasteiger partial charge in [-0.1, -0.05) is 26.0 Å². The number of carbonyl (C=O) groups is 4. The molecule has 3 heterocycles. The first-order chi connectivity index (χ1) is 18.6. The summed E-state index contributed by atoms with van der Waals surface area (Å²) in [4.78, 5) is 51.7. The number of hydrogen-bond donors (Lipinski definition) is 4. The van der Waals surface area contributed by atoms with Crippen molar-refractivity contribution in [1.82, 2.24) is 36.3 Å². The largest absolute Gasteiger partial charge is 0.493 e. The zero-order valence-electron chi connectivity index (χ0n) is 22.9. The molecule has 0 saturated carbocycles. The number of amides is 4. The zero-order chi connectivity index (χ0) is 28.5. The molecule has 13 nitrogen and oxygen atoms in total. The van der Waals surface area contributed by atoms with Crippen LogP contribution in [0.25, 0.3) is 0 Å². The van der Waals surface area contributed by atoms with Crippen LogP contribution in [-0.4, -0.2) is 70.5 Å². The van der Waals surface area contributed by atoms with Crippen LogP contribution in [0.5, 0.6) is 11.5 Å². The molecule has 0 radical (unpaired) electrons. The average Bonchev–Trinajstić information content (AvgIpc) is 3.36. The van der Waals surface area contributed by atoms with Gasteiger partial charge in [0, 0.05) is 5.56 Å². The van der Waals surface area contributed by atoms with Crippen LogP contribution in [0.1, 0.15) is 56.6 Å². The van der Waals surface area contributed by atoms with Gasteiger partial charge in [0.25, 0.3) is 5.91 Å². The Kier molecular flexibility index (Phi) is 10.2. The second-order valence-electron chi connectivity index (χ2n) is 9.76. The smallest absolute Gasteiger partial charge is 0.252 e. The Morgan fingerprint density at radius 3 is 2.54 bits per heavy atom. The van der Waals surface area contributed by atoms with Crippen LogP contribution in [0.15, 0.2) is 24.4 Å². The maximum absolute atomic E-state index is 12.9. The van der Waals surface area contributed by atoms with Gasteiger partial charge < -0.3 is 30.7 Å². The van der Waals surface area contributed by atoms with Crippen molar-refractivity contribution in [2.75, 3.05) is 13.7 Å². The summed E-state index contributed by atoms with van der Waals surface area (Å²) >= 11 is 0. The Balaban J connectivity index is 1.86. The van der Waals surface area contributed by atoms with E-state index in [4.69, 9.17) is 9.47 Å². The topological polar surface area (TPSA) is 166 Å². The molecule has 2 aromatic rings. The molecule has 212 valence electrons. The lowest BCUT2D eigenvalue weighted by atomic mass is 10.0. The highest BCUT2D eigenvalue weighted by atomic mass is 16.5. The first-order valence-corrected chi connectivity index (χ1v) is 13.0. The highest BCUT2D eigenvalue weighted by Crippen LogP contribution is 2.28. The molecule has 4 bridgehead atoms. The Labute approximate surface area is 227 Å². The van der Waals surface area contributed by atoms with Gasteiger partial charge in [-0.25, -0.2) is 4.68 Å². The monoisotopic (exact) mass is 543 g/mol. The van der Waals surface area contributed by atoms with E-state index in [0.29, 0.717) is 36.6 Å². The van der Waals surface area contributed by atoms with E-state index in [2.05, 4.69) is 31.6 Å². The number of rotatable bonds is 4. The number of nitrogens with one attached hydrogen (secondary N) is 4. The van der Waals surface area contributed by atoms with Gasteiger partial charge in [-0.05, 0) is 43.9 Å². The van der Waals surface area contributed by atoms with Crippen molar-refractivity contribution in [1.29, 1.82) is 0 Å². The van der Waals surface area contributed by atoms with Gasteiger partial charge in [0.2, 0.25) is 17.7 Å². The molecule has 2 aliphatic rings. The summed E-state index contributed by atoms with van der Waals surface area (Å²) in [6.45, 7) is 7.90. The van der Waals surface area contributed by atoms with Gasteiger partial charge >= 0.3 is 0 Å². The van der Waals surface area contributed by atoms with Gasteiger partial charge in [-0.3, -0.25) is 19.2 Å². The summed E-state index contributed by atoms with van der Waals surface area (Å²) < 4.78 is 12.8. The fourth-order valence-corrected chi connectivity index (χ4v) is 3.98. The van der Waals surface area contributed by atoms with E-state index in [1.54, 1.807) is 29.9 Å². The van der Waals surface area contributed by atoms with Gasteiger partial charge in [0.05, 0.1) is 26.4 Å². The summed E-state index contributed by atoms with van der Waals surface area (Å²) in [6.07, 6.45) is 2.39. The third-order valence-corrected chi connectivity index (χ3v) is 6.16. The van der Waals surface area contributed by atoms with Crippen molar-refractivity contribution in [3.8, 4) is 11.5 Å². The first-order valence-electron chi connectivity index (χ1n) is 13.0. The Hall–Kier alpha value is -4.16. The zero-order valence-corrected chi connectivity index (χ0v) is 22.9. The number of methoxy groups -OCH3 is 1. The maximum atomic E-state index is 12.9. The fraction of sp³-hybridized carbons (Fsp3) is 0.538. The number of hydrogen-bond acceptors (Lipinski definition) is 8. The van der Waals surface area contributed by atoms with Crippen LogP contribution in [0.3, 0.4) is 0 Å². The lowest BCUT2D eigenvalue weighted by molar-refractivity contribution is -0.132. The van der Waals surface area contributed by atoms with Crippen molar-refractivity contribution in [2.24, 2.45) is 5.92 Å². The van der Waals surface area contributed by atoms with Crippen LogP contribution in [0, 0.1) is 5.92 Å². The van der Waals surface area contributed by atoms with E-state index in [9.17, 15) is 19.2 Å². The third-order valence-electron chi connectivity index (χ3n) is 6.16. The van der Waals surface area contributed by atoms with Crippen LogP contribution in [-0.2, 0) is 27.5 Å². The Bertz CT molecular complexity index is 1180. The predicted octanol–water partition coefficient (Wildman–Crippen LogP) is 0.540. The summed E-state index contributed by atoms with van der Waals surface area (Å²) in [6, 6.07) is 2.08. The molecule has 0 aliphatic carbocycles. The van der Waals surface area contributed by atoms with Crippen molar-refractivity contribution in [3.63, 3.8) is 0 Å². The number of fused-ring (bicyclic) bond motifs is 15. The third kappa shape index (κ3) is 8.16. The number of carbonyl (C=O) groups excluding carboxylic acids is 4. The highest BCUT2D eigenvalue weighted by Gasteiger charge is 2.28. The van der Waals surface area contributed by atoms with E-state index in [1.807, 2.05) is 13.8 Å². The summed E-state index contributed by atoms with van der Waals surface area (Å²) in [7, 11) is 1.46. The molecule has 0 spiro atoms. The van der Waals surface area contributed by atoms with Gasteiger partial charge in [0.15, 0.2) is 11.5 Å². The number of aromatic nitrogens is 3. The number of benzene rings is 1. The summed E-state index contributed by atoms with van der Waals surface area (Å²) in [5.74, 6) is -0.976. The summed E-state index contributed by atoms with van der Waals surface area (Å²) in [5.41, 5.74) is 0.821. The summed E-state index contributed by atoms with van der Waals surface area (Å²) in [5, 5.41) is 19.0. The highest BCUT2D eigenvalue weighted by molar-refractivity contribution is 5.99. The molecule has 1 aromatic heterocycles. The van der Waals surface area contributed by atoms with E-state index >= 15 is 0 Å². The lowest BCUT2D eigenvalue weighted by Gasteiger charge is -2.24. The van der Waals surface area contributed by atoms with Crippen molar-refractivity contribution in [2.45, 2.75) is 71.8 Å². The van der Waals surface area contributed by atoms with Crippen LogP contribution >= 0.6 is 0 Å². The minimum Gasteiger partial charge on any atom is -0.493 e. The second kappa shape index (κ2) is 13.6. The van der Waals surface area contributed by atoms with Crippen LogP contribution in [0.4, 0.5) is 0 Å². The van der Waals surface area contributed by atoms with E-state index in [1.165, 1.54) is 20.1 Å². The van der Waals surface area contributed by atoms with Crippen LogP contribution in [0.2, 0.25) is 0 Å². The molecule has 4 rings (SSSR count). The fourth-order valence-electron chi connectivity index (χ4n) is 3.98. The number of ether oxygens (including phenoxy) is 2. The van der Waals surface area contributed by atoms with E-state index < -0.39 is 35.8 Å². The van der Waals surface area contributed by atoms with E-state index in [-0.39, 0.29) is 30.5 Å². The Morgan fingerprint density at radius 2 is 1.85 bits per heavy atom. The minimum atomic E-state index is -0.944. The molecular formula is C26H37N7O6. The molecule has 13 heteroatoms. The van der Waals surface area contributed by atoms with Crippen LogP contribution < -0.4 is 30.7 Å². The molecular weight excluding hydrogens is 506 g/mol. The molecule has 0 fully saturated rings. The minimum absolute atomic E-state index is 0.123. The SMILES string of the molecule is CC[C@@H]1NC(=O)c2ccc(c(OC)c2)OCCn2cc(nn2)CNC(=O)[C@@H](CC(C)C)NC(=O)[C@@H](C)NC1=O. The molecule has 2 aliphatic heterocycles. The molecule has 3 atom stereocenters. The quantitative estimate of drug-likeness (QED) is 0.406. The van der Waals surface area contributed by atoms with E-state index in [0.717, 1.165) is 0 Å². The van der Waals surface area contributed by atoms with Gasteiger partial charge in [-0.2, -0.15) is 0 Å². The number of nitrogens with zero attached hydrogens (tertiary/aromatic N) is 3. The Morgan fingerprint density at radius 1 is 1.08 bits per heavy atom. The van der Waals surface area contributed by atoms with Crippen molar-refractivity contribution < 1.29 is 28.7 Å². The molecule has 0 saturated heterocycles. The van der Waals surface area contributed by atoms with Gasteiger partial charge in [-0.15, -0.1) is 5.10 Å². The molecule has 0 unspecified atom stereocenters. The lowest BCUT2D eigenvalue weighted by Crippen LogP contribution is -2.55. The van der Waals surface area contributed by atoms with Gasteiger partial charge in [0.1, 0.15) is 30.4 Å². The van der Waals surface area contributed by atoms with Crippen molar-refractivity contribution in [3.05, 3.63) is 35.7 Å².